The van der Waals surface area contributed by atoms with E-state index in [1.165, 1.54) is 0 Å². The second kappa shape index (κ2) is 4.61. The third-order valence-corrected chi connectivity index (χ3v) is 2.38. The van der Waals surface area contributed by atoms with Gasteiger partial charge in [0.15, 0.2) is 0 Å². The molecule has 1 fully saturated rings. The van der Waals surface area contributed by atoms with Crippen LogP contribution >= 0.6 is 0 Å². The second-order valence-electron chi connectivity index (χ2n) is 4.30. The Morgan fingerprint density at radius 2 is 2.08 bits per heavy atom. The van der Waals surface area contributed by atoms with Gasteiger partial charge in [0.1, 0.15) is 0 Å². The van der Waals surface area contributed by atoms with Crippen molar-refractivity contribution in [2.24, 2.45) is 5.92 Å². The van der Waals surface area contributed by atoms with E-state index in [0.29, 0.717) is 12.5 Å². The molecule has 76 valence electrons. The number of likely N-dealkylation sites (N-methyl/N-ethyl adjacent to an activating group) is 1. The molecular weight excluding hydrogens is 164 g/mol. The van der Waals surface area contributed by atoms with Crippen molar-refractivity contribution in [1.29, 1.82) is 0 Å². The number of rotatable bonds is 2. The quantitative estimate of drug-likeness (QED) is 0.634. The molecule has 3 nitrogen and oxygen atoms in total. The molecule has 1 aliphatic rings. The molecule has 1 heterocycles. The monoisotopic (exact) mass is 184 g/mol. The summed E-state index contributed by atoms with van der Waals surface area (Å²) in [6.45, 7) is 8.01. The van der Waals surface area contributed by atoms with Gasteiger partial charge in [-0.3, -0.25) is 9.69 Å². The average molecular weight is 184 g/mol. The average Bonchev–Trinajstić information content (AvgIpc) is 2.14. The van der Waals surface area contributed by atoms with Gasteiger partial charge < -0.3 is 4.90 Å². The lowest BCUT2D eigenvalue weighted by atomic mass is 10.2. The highest BCUT2D eigenvalue weighted by molar-refractivity contribution is 5.78. The van der Waals surface area contributed by atoms with E-state index in [0.717, 1.165) is 26.1 Å². The van der Waals surface area contributed by atoms with Crippen LogP contribution in [-0.2, 0) is 4.79 Å². The van der Waals surface area contributed by atoms with Crippen LogP contribution in [0.3, 0.4) is 0 Å². The number of carbonyl (C=O) groups excluding carboxylic acids is 1. The molecule has 0 radical (unpaired) electrons. The first-order chi connectivity index (χ1) is 6.09. The molecule has 0 unspecified atom stereocenters. The normalized spacial score (nSPS) is 20.9. The molecule has 0 aromatic heterocycles. The van der Waals surface area contributed by atoms with Crippen molar-refractivity contribution < 1.29 is 4.79 Å². The fourth-order valence-corrected chi connectivity index (χ4v) is 1.72. The summed E-state index contributed by atoms with van der Waals surface area (Å²) in [6, 6.07) is 0. The van der Waals surface area contributed by atoms with E-state index in [-0.39, 0.29) is 5.91 Å². The summed E-state index contributed by atoms with van der Waals surface area (Å²) in [5.41, 5.74) is 0. The molecule has 1 aliphatic heterocycles. The minimum absolute atomic E-state index is 0.262. The maximum Gasteiger partial charge on any atom is 0.236 e. The van der Waals surface area contributed by atoms with Crippen molar-refractivity contribution in [2.45, 2.75) is 20.3 Å². The predicted molar refractivity (Wildman–Crippen MR) is 53.5 cm³/mol. The van der Waals surface area contributed by atoms with Gasteiger partial charge in [0.2, 0.25) is 5.91 Å². The molecule has 1 amide bonds. The van der Waals surface area contributed by atoms with Crippen LogP contribution in [0.1, 0.15) is 20.3 Å². The van der Waals surface area contributed by atoms with E-state index >= 15 is 0 Å². The molecule has 1 saturated heterocycles. The largest absolute Gasteiger partial charge is 0.345 e. The Labute approximate surface area is 80.7 Å². The van der Waals surface area contributed by atoms with Crippen LogP contribution in [-0.4, -0.2) is 48.9 Å². The van der Waals surface area contributed by atoms with Gasteiger partial charge in [0, 0.05) is 26.7 Å². The van der Waals surface area contributed by atoms with Crippen molar-refractivity contribution in [3.8, 4) is 0 Å². The van der Waals surface area contributed by atoms with E-state index in [4.69, 9.17) is 0 Å². The summed E-state index contributed by atoms with van der Waals surface area (Å²) in [6.07, 6.45) is 1.11. The minimum Gasteiger partial charge on any atom is -0.345 e. The maximum absolute atomic E-state index is 11.5. The zero-order valence-corrected chi connectivity index (χ0v) is 8.92. The minimum atomic E-state index is 0.262. The standard InChI is InChI=1S/C10H20N2O/c1-9(2)7-12-6-4-5-11(3)10(13)8-12/h9H,4-8H2,1-3H3. The van der Waals surface area contributed by atoms with Crippen LogP contribution in [0.5, 0.6) is 0 Å². The Morgan fingerprint density at radius 3 is 2.69 bits per heavy atom. The first kappa shape index (κ1) is 10.5. The molecule has 1 rings (SSSR count). The third-order valence-electron chi connectivity index (χ3n) is 2.38. The van der Waals surface area contributed by atoms with E-state index < -0.39 is 0 Å². The lowest BCUT2D eigenvalue weighted by Gasteiger charge is -2.20. The van der Waals surface area contributed by atoms with Gasteiger partial charge in [-0.1, -0.05) is 13.8 Å². The number of nitrogens with zero attached hydrogens (tertiary/aromatic N) is 2. The topological polar surface area (TPSA) is 23.6 Å². The first-order valence-electron chi connectivity index (χ1n) is 5.06. The molecule has 0 bridgehead atoms. The molecule has 0 aromatic carbocycles. The van der Waals surface area contributed by atoms with Crippen LogP contribution < -0.4 is 0 Å². The lowest BCUT2D eigenvalue weighted by Crippen LogP contribution is -2.36. The lowest BCUT2D eigenvalue weighted by molar-refractivity contribution is -0.129. The van der Waals surface area contributed by atoms with Crippen molar-refractivity contribution in [2.75, 3.05) is 33.2 Å². The molecular formula is C10H20N2O. The van der Waals surface area contributed by atoms with Gasteiger partial charge in [-0.05, 0) is 12.3 Å². The summed E-state index contributed by atoms with van der Waals surface area (Å²) in [4.78, 5) is 15.6. The number of carbonyl (C=O) groups is 1. The Morgan fingerprint density at radius 1 is 1.38 bits per heavy atom. The Balaban J connectivity index is 2.44. The number of amides is 1. The zero-order chi connectivity index (χ0) is 9.84. The van der Waals surface area contributed by atoms with Gasteiger partial charge in [-0.2, -0.15) is 0 Å². The van der Waals surface area contributed by atoms with Gasteiger partial charge in [0.25, 0.3) is 0 Å². The highest BCUT2D eigenvalue weighted by atomic mass is 16.2. The van der Waals surface area contributed by atoms with Crippen molar-refractivity contribution in [1.82, 2.24) is 9.80 Å². The van der Waals surface area contributed by atoms with Crippen molar-refractivity contribution >= 4 is 5.91 Å². The molecule has 0 N–H and O–H groups in total. The molecule has 13 heavy (non-hydrogen) atoms. The molecule has 0 saturated carbocycles. The Bertz CT molecular complexity index is 180. The zero-order valence-electron chi connectivity index (χ0n) is 8.92. The van der Waals surface area contributed by atoms with Crippen molar-refractivity contribution in [3.63, 3.8) is 0 Å². The molecule has 0 aliphatic carbocycles. The Kier molecular flexibility index (Phi) is 3.72. The molecule has 0 aromatic rings. The number of hydrogen-bond acceptors (Lipinski definition) is 2. The van der Waals surface area contributed by atoms with Crippen molar-refractivity contribution in [3.05, 3.63) is 0 Å². The maximum atomic E-state index is 11.5. The summed E-state index contributed by atoms with van der Waals surface area (Å²) in [5, 5.41) is 0. The molecule has 3 heteroatoms. The summed E-state index contributed by atoms with van der Waals surface area (Å²) in [7, 11) is 1.89. The smallest absolute Gasteiger partial charge is 0.236 e. The third kappa shape index (κ3) is 3.35. The molecule has 0 atom stereocenters. The molecule has 0 spiro atoms. The van der Waals surface area contributed by atoms with E-state index in [1.54, 1.807) is 0 Å². The summed E-state index contributed by atoms with van der Waals surface area (Å²) >= 11 is 0. The van der Waals surface area contributed by atoms with Crippen LogP contribution in [0.4, 0.5) is 0 Å². The summed E-state index contributed by atoms with van der Waals surface area (Å²) < 4.78 is 0. The fraction of sp³-hybridized carbons (Fsp3) is 0.900. The van der Waals surface area contributed by atoms with Crippen LogP contribution in [0, 0.1) is 5.92 Å². The van der Waals surface area contributed by atoms with Gasteiger partial charge in [0.05, 0.1) is 6.54 Å². The first-order valence-corrected chi connectivity index (χ1v) is 5.06. The van der Waals surface area contributed by atoms with Gasteiger partial charge >= 0.3 is 0 Å². The highest BCUT2D eigenvalue weighted by Gasteiger charge is 2.18. The van der Waals surface area contributed by atoms with Gasteiger partial charge in [-0.25, -0.2) is 0 Å². The van der Waals surface area contributed by atoms with E-state index in [9.17, 15) is 4.79 Å². The fourth-order valence-electron chi connectivity index (χ4n) is 1.72. The van der Waals surface area contributed by atoms with E-state index in [2.05, 4.69) is 18.7 Å². The van der Waals surface area contributed by atoms with Crippen LogP contribution in [0.15, 0.2) is 0 Å². The summed E-state index contributed by atoms with van der Waals surface area (Å²) in [5.74, 6) is 0.911. The van der Waals surface area contributed by atoms with Crippen LogP contribution in [0.25, 0.3) is 0 Å². The Hall–Kier alpha value is -0.570. The second-order valence-corrected chi connectivity index (χ2v) is 4.30. The van der Waals surface area contributed by atoms with E-state index in [1.807, 2.05) is 11.9 Å². The predicted octanol–water partition coefficient (Wildman–Crippen LogP) is 0.806. The van der Waals surface area contributed by atoms with Crippen LogP contribution in [0.2, 0.25) is 0 Å². The SMILES string of the molecule is CC(C)CN1CCCN(C)C(=O)C1. The highest BCUT2D eigenvalue weighted by Crippen LogP contribution is 2.05. The van der Waals surface area contributed by atoms with Gasteiger partial charge in [-0.15, -0.1) is 0 Å². The number of hydrogen-bond donors (Lipinski definition) is 0.